The molecule has 1 aromatic carbocycles. The molecule has 1 aromatic heterocycles. The van der Waals surface area contributed by atoms with E-state index in [1.165, 1.54) is 17.7 Å². The summed E-state index contributed by atoms with van der Waals surface area (Å²) in [7, 11) is -1.36. The summed E-state index contributed by atoms with van der Waals surface area (Å²) < 4.78 is 24.7. The zero-order valence-corrected chi connectivity index (χ0v) is 22.0. The molecule has 2 N–H and O–H groups in total. The maximum Gasteiger partial charge on any atom is 0.191 e. The SMILES string of the molecule is CN=C(NCCCS(=O)(=O)Cc1ccccc1)NCC(c1cccs1)N1CCCC1.I. The number of rotatable bonds is 10. The van der Waals surface area contributed by atoms with E-state index < -0.39 is 9.84 Å². The van der Waals surface area contributed by atoms with Gasteiger partial charge in [0.15, 0.2) is 15.8 Å². The number of benzene rings is 1. The van der Waals surface area contributed by atoms with Crippen LogP contribution in [-0.4, -0.2) is 58.3 Å². The van der Waals surface area contributed by atoms with Crippen molar-refractivity contribution in [3.05, 3.63) is 58.3 Å². The van der Waals surface area contributed by atoms with Gasteiger partial charge in [0.25, 0.3) is 0 Å². The zero-order valence-electron chi connectivity index (χ0n) is 18.0. The molecule has 2 aromatic rings. The second-order valence-electron chi connectivity index (χ2n) is 7.59. The second-order valence-corrected chi connectivity index (χ2v) is 10.7. The van der Waals surface area contributed by atoms with E-state index in [9.17, 15) is 8.42 Å². The van der Waals surface area contributed by atoms with Crippen LogP contribution in [0.1, 0.15) is 35.7 Å². The average Bonchev–Trinajstić information content (AvgIpc) is 3.45. The molecule has 3 rings (SSSR count). The summed E-state index contributed by atoms with van der Waals surface area (Å²) in [6.07, 6.45) is 3.06. The number of hydrogen-bond donors (Lipinski definition) is 2. The first-order valence-electron chi connectivity index (χ1n) is 10.5. The molecule has 1 atom stereocenters. The molecular weight excluding hydrogens is 543 g/mol. The van der Waals surface area contributed by atoms with E-state index >= 15 is 0 Å². The summed E-state index contributed by atoms with van der Waals surface area (Å²) >= 11 is 1.79. The fraction of sp³-hybridized carbons (Fsp3) is 0.500. The predicted octanol–water partition coefficient (Wildman–Crippen LogP) is 3.67. The van der Waals surface area contributed by atoms with Crippen LogP contribution in [0, 0.1) is 0 Å². The Hall–Kier alpha value is -1.17. The third-order valence-electron chi connectivity index (χ3n) is 5.29. The van der Waals surface area contributed by atoms with Crippen molar-refractivity contribution in [3.8, 4) is 0 Å². The molecule has 0 amide bonds. The number of guanidine groups is 1. The van der Waals surface area contributed by atoms with Gasteiger partial charge < -0.3 is 10.6 Å². The molecule has 1 saturated heterocycles. The minimum atomic E-state index is -3.11. The fourth-order valence-electron chi connectivity index (χ4n) is 3.76. The van der Waals surface area contributed by atoms with Gasteiger partial charge in [0, 0.05) is 25.0 Å². The molecule has 0 spiro atoms. The molecule has 9 heteroatoms. The highest BCUT2D eigenvalue weighted by Gasteiger charge is 2.24. The molecule has 172 valence electrons. The quantitative estimate of drug-likeness (QED) is 0.196. The lowest BCUT2D eigenvalue weighted by atomic mass is 10.2. The van der Waals surface area contributed by atoms with E-state index in [1.54, 1.807) is 18.4 Å². The molecule has 6 nitrogen and oxygen atoms in total. The third-order valence-corrected chi connectivity index (χ3v) is 7.95. The highest BCUT2D eigenvalue weighted by atomic mass is 127. The molecule has 0 radical (unpaired) electrons. The van der Waals surface area contributed by atoms with Crippen LogP contribution in [0.4, 0.5) is 0 Å². The Kier molecular flexibility index (Phi) is 11.3. The van der Waals surface area contributed by atoms with Crippen molar-refractivity contribution in [3.63, 3.8) is 0 Å². The predicted molar refractivity (Wildman–Crippen MR) is 141 cm³/mol. The summed E-state index contributed by atoms with van der Waals surface area (Å²) in [6.45, 7) is 3.62. The van der Waals surface area contributed by atoms with Crippen molar-refractivity contribution in [2.24, 2.45) is 4.99 Å². The summed E-state index contributed by atoms with van der Waals surface area (Å²) in [5, 5.41) is 8.81. The largest absolute Gasteiger partial charge is 0.356 e. The minimum Gasteiger partial charge on any atom is -0.356 e. The molecule has 1 aliphatic rings. The van der Waals surface area contributed by atoms with E-state index in [4.69, 9.17) is 0 Å². The van der Waals surface area contributed by atoms with Gasteiger partial charge in [-0.05, 0) is 49.4 Å². The number of nitrogens with one attached hydrogen (secondary N) is 2. The van der Waals surface area contributed by atoms with Crippen LogP contribution in [0.3, 0.4) is 0 Å². The Bertz CT molecular complexity index is 883. The lowest BCUT2D eigenvalue weighted by molar-refractivity contribution is 0.249. The Morgan fingerprint density at radius 3 is 2.52 bits per heavy atom. The molecule has 31 heavy (non-hydrogen) atoms. The zero-order chi connectivity index (χ0) is 21.2. The van der Waals surface area contributed by atoms with Crippen LogP contribution in [0.5, 0.6) is 0 Å². The van der Waals surface area contributed by atoms with Crippen molar-refractivity contribution >= 4 is 51.1 Å². The van der Waals surface area contributed by atoms with E-state index in [-0.39, 0.29) is 35.5 Å². The molecule has 1 aliphatic heterocycles. The maximum atomic E-state index is 12.3. The topological polar surface area (TPSA) is 73.8 Å². The van der Waals surface area contributed by atoms with Crippen LogP contribution < -0.4 is 10.6 Å². The summed E-state index contributed by atoms with van der Waals surface area (Å²) in [6, 6.07) is 14.0. The Labute approximate surface area is 207 Å². The first kappa shape index (κ1) is 26.1. The van der Waals surface area contributed by atoms with Crippen molar-refractivity contribution in [1.29, 1.82) is 0 Å². The molecule has 0 aliphatic carbocycles. The molecule has 0 saturated carbocycles. The minimum absolute atomic E-state index is 0. The number of likely N-dealkylation sites (tertiary alicyclic amines) is 1. The molecule has 2 heterocycles. The third kappa shape index (κ3) is 8.70. The van der Waals surface area contributed by atoms with Gasteiger partial charge in [0.2, 0.25) is 0 Å². The van der Waals surface area contributed by atoms with Crippen LogP contribution >= 0.6 is 35.3 Å². The van der Waals surface area contributed by atoms with Crippen molar-refractivity contribution in [2.75, 3.05) is 39.0 Å². The van der Waals surface area contributed by atoms with E-state index in [0.717, 1.165) is 31.2 Å². The monoisotopic (exact) mass is 576 g/mol. The fourth-order valence-corrected chi connectivity index (χ4v) is 6.05. The van der Waals surface area contributed by atoms with Gasteiger partial charge in [0.1, 0.15) is 0 Å². The highest BCUT2D eigenvalue weighted by molar-refractivity contribution is 14.0. The van der Waals surface area contributed by atoms with Crippen LogP contribution in [0.15, 0.2) is 52.8 Å². The van der Waals surface area contributed by atoms with Gasteiger partial charge in [-0.15, -0.1) is 35.3 Å². The molecular formula is C22H33IN4O2S2. The van der Waals surface area contributed by atoms with Gasteiger partial charge in [-0.25, -0.2) is 8.42 Å². The Morgan fingerprint density at radius 2 is 1.87 bits per heavy atom. The smallest absolute Gasteiger partial charge is 0.191 e. The lowest BCUT2D eigenvalue weighted by Gasteiger charge is -2.27. The standard InChI is InChI=1S/C22H32N4O2S2.HI/c1-23-22(24-12-8-16-30(27,28)18-19-9-3-2-4-10-19)25-17-20(21-11-7-15-29-21)26-13-5-6-14-26;/h2-4,7,9-11,15,20H,5-6,8,12-14,16-18H2,1H3,(H2,23,24,25);1H. The number of hydrogen-bond acceptors (Lipinski definition) is 5. The van der Waals surface area contributed by atoms with Crippen molar-refractivity contribution in [1.82, 2.24) is 15.5 Å². The molecule has 0 bridgehead atoms. The van der Waals surface area contributed by atoms with Gasteiger partial charge in [-0.1, -0.05) is 36.4 Å². The number of halogens is 1. The van der Waals surface area contributed by atoms with Crippen molar-refractivity contribution in [2.45, 2.75) is 31.1 Å². The first-order chi connectivity index (χ1) is 14.6. The maximum absolute atomic E-state index is 12.3. The number of sulfone groups is 1. The molecule has 1 fully saturated rings. The molecule has 1 unspecified atom stereocenters. The summed E-state index contributed by atoms with van der Waals surface area (Å²) in [5.41, 5.74) is 0.837. The van der Waals surface area contributed by atoms with E-state index in [0.29, 0.717) is 19.0 Å². The normalized spacial score (nSPS) is 16.0. The van der Waals surface area contributed by atoms with E-state index in [1.807, 2.05) is 30.3 Å². The highest BCUT2D eigenvalue weighted by Crippen LogP contribution is 2.27. The lowest BCUT2D eigenvalue weighted by Crippen LogP contribution is -2.43. The number of thiophene rings is 1. The first-order valence-corrected chi connectivity index (χ1v) is 13.2. The van der Waals surface area contributed by atoms with E-state index in [2.05, 4.69) is 38.0 Å². The average molecular weight is 577 g/mol. The van der Waals surface area contributed by atoms with Crippen LogP contribution in [-0.2, 0) is 15.6 Å². The van der Waals surface area contributed by atoms with Crippen LogP contribution in [0.25, 0.3) is 0 Å². The number of nitrogens with zero attached hydrogens (tertiary/aromatic N) is 2. The summed E-state index contributed by atoms with van der Waals surface area (Å²) in [4.78, 5) is 8.20. The van der Waals surface area contributed by atoms with Gasteiger partial charge >= 0.3 is 0 Å². The van der Waals surface area contributed by atoms with Crippen molar-refractivity contribution < 1.29 is 8.42 Å². The van der Waals surface area contributed by atoms with Gasteiger partial charge in [-0.3, -0.25) is 9.89 Å². The second kappa shape index (κ2) is 13.4. The Morgan fingerprint density at radius 1 is 1.13 bits per heavy atom. The Balaban J connectivity index is 0.00000341. The van der Waals surface area contributed by atoms with Gasteiger partial charge in [-0.2, -0.15) is 0 Å². The van der Waals surface area contributed by atoms with Gasteiger partial charge in [0.05, 0.1) is 17.5 Å². The van der Waals surface area contributed by atoms with Crippen LogP contribution in [0.2, 0.25) is 0 Å². The summed E-state index contributed by atoms with van der Waals surface area (Å²) in [5.74, 6) is 0.979. The number of aliphatic imine (C=N–C) groups is 1.